The van der Waals surface area contributed by atoms with Gasteiger partial charge in [0, 0.05) is 18.0 Å². The molecule has 0 bridgehead atoms. The lowest BCUT2D eigenvalue weighted by Crippen LogP contribution is -1.95. The van der Waals surface area contributed by atoms with E-state index < -0.39 is 17.5 Å². The minimum absolute atomic E-state index is 0.00454. The van der Waals surface area contributed by atoms with Crippen molar-refractivity contribution in [1.29, 1.82) is 0 Å². The third-order valence-electron chi connectivity index (χ3n) is 2.98. The molecule has 0 radical (unpaired) electrons. The van der Waals surface area contributed by atoms with Crippen molar-refractivity contribution in [3.05, 3.63) is 54.1 Å². The predicted octanol–water partition coefficient (Wildman–Crippen LogP) is 3.40. The molecule has 2 heterocycles. The van der Waals surface area contributed by atoms with E-state index in [1.165, 1.54) is 12.4 Å². The molecule has 2 N–H and O–H groups in total. The molecule has 0 atom stereocenters. The van der Waals surface area contributed by atoms with Crippen molar-refractivity contribution in [1.82, 2.24) is 10.1 Å². The van der Waals surface area contributed by atoms with Gasteiger partial charge in [-0.2, -0.15) is 0 Å². The molecule has 106 valence electrons. The maximum Gasteiger partial charge on any atom is 0.230 e. The standard InChI is InChI=1S/C14H8F3N3O/c15-9-2-1-8(11(16)12(9)17)13-10(14(18)21-20-13)7-3-5-19-6-4-7/h1-6H,18H2. The minimum Gasteiger partial charge on any atom is -0.367 e. The summed E-state index contributed by atoms with van der Waals surface area (Å²) in [6.45, 7) is 0. The monoisotopic (exact) mass is 291 g/mol. The van der Waals surface area contributed by atoms with Gasteiger partial charge in [0.1, 0.15) is 5.69 Å². The van der Waals surface area contributed by atoms with Crippen LogP contribution in [0.1, 0.15) is 0 Å². The maximum atomic E-state index is 13.9. The van der Waals surface area contributed by atoms with Crippen LogP contribution >= 0.6 is 0 Å². The second-order valence-corrected chi connectivity index (χ2v) is 4.23. The average Bonchev–Trinajstić information content (AvgIpc) is 2.87. The minimum atomic E-state index is -1.57. The number of aromatic nitrogens is 2. The fourth-order valence-corrected chi connectivity index (χ4v) is 1.99. The Kier molecular flexibility index (Phi) is 3.09. The zero-order chi connectivity index (χ0) is 15.0. The quantitative estimate of drug-likeness (QED) is 0.735. The molecule has 0 aliphatic heterocycles. The van der Waals surface area contributed by atoms with Gasteiger partial charge in [0.05, 0.1) is 5.56 Å². The van der Waals surface area contributed by atoms with E-state index >= 15 is 0 Å². The summed E-state index contributed by atoms with van der Waals surface area (Å²) in [4.78, 5) is 3.86. The molecule has 0 spiro atoms. The van der Waals surface area contributed by atoms with Crippen LogP contribution in [0.15, 0.2) is 41.2 Å². The van der Waals surface area contributed by atoms with E-state index in [-0.39, 0.29) is 17.1 Å². The lowest BCUT2D eigenvalue weighted by atomic mass is 10.0. The lowest BCUT2D eigenvalue weighted by Gasteiger charge is -2.04. The number of anilines is 1. The molecule has 7 heteroatoms. The number of hydrogen-bond acceptors (Lipinski definition) is 4. The highest BCUT2D eigenvalue weighted by Gasteiger charge is 2.23. The van der Waals surface area contributed by atoms with E-state index in [0.717, 1.165) is 12.1 Å². The van der Waals surface area contributed by atoms with Gasteiger partial charge in [0.15, 0.2) is 17.5 Å². The zero-order valence-electron chi connectivity index (χ0n) is 10.5. The maximum absolute atomic E-state index is 13.9. The first kappa shape index (κ1) is 13.2. The molecule has 4 nitrogen and oxygen atoms in total. The summed E-state index contributed by atoms with van der Waals surface area (Å²) in [7, 11) is 0. The van der Waals surface area contributed by atoms with Gasteiger partial charge in [0.25, 0.3) is 0 Å². The van der Waals surface area contributed by atoms with Gasteiger partial charge in [-0.25, -0.2) is 13.2 Å². The summed E-state index contributed by atoms with van der Waals surface area (Å²) in [5.41, 5.74) is 6.32. The summed E-state index contributed by atoms with van der Waals surface area (Å²) in [6, 6.07) is 5.12. The summed E-state index contributed by atoms with van der Waals surface area (Å²) < 4.78 is 45.1. The van der Waals surface area contributed by atoms with Crippen molar-refractivity contribution in [3.8, 4) is 22.4 Å². The first-order valence-corrected chi connectivity index (χ1v) is 5.89. The molecule has 1 aromatic carbocycles. The Labute approximate surface area is 117 Å². The van der Waals surface area contributed by atoms with Crippen LogP contribution in [-0.2, 0) is 0 Å². The van der Waals surface area contributed by atoms with Crippen LogP contribution in [0, 0.1) is 17.5 Å². The average molecular weight is 291 g/mol. The number of nitrogens with two attached hydrogens (primary N) is 1. The van der Waals surface area contributed by atoms with E-state index in [4.69, 9.17) is 10.3 Å². The smallest absolute Gasteiger partial charge is 0.230 e. The molecule has 0 fully saturated rings. The highest BCUT2D eigenvalue weighted by atomic mass is 19.2. The van der Waals surface area contributed by atoms with Crippen LogP contribution in [0.25, 0.3) is 22.4 Å². The molecular weight excluding hydrogens is 283 g/mol. The van der Waals surface area contributed by atoms with E-state index in [0.29, 0.717) is 11.1 Å². The molecule has 0 aliphatic carbocycles. The van der Waals surface area contributed by atoms with Crippen molar-refractivity contribution in [2.75, 3.05) is 5.73 Å². The van der Waals surface area contributed by atoms with Crippen molar-refractivity contribution < 1.29 is 17.7 Å². The highest BCUT2D eigenvalue weighted by Crippen LogP contribution is 2.37. The third-order valence-corrected chi connectivity index (χ3v) is 2.98. The molecule has 2 aromatic heterocycles. The van der Waals surface area contributed by atoms with Gasteiger partial charge in [-0.3, -0.25) is 4.98 Å². The third kappa shape index (κ3) is 2.12. The van der Waals surface area contributed by atoms with Gasteiger partial charge in [-0.15, -0.1) is 0 Å². The predicted molar refractivity (Wildman–Crippen MR) is 69.5 cm³/mol. The molecule has 21 heavy (non-hydrogen) atoms. The summed E-state index contributed by atoms with van der Waals surface area (Å²) >= 11 is 0. The fourth-order valence-electron chi connectivity index (χ4n) is 1.99. The number of hydrogen-bond donors (Lipinski definition) is 1. The molecule has 3 aromatic rings. The van der Waals surface area contributed by atoms with Crippen LogP contribution in [0.3, 0.4) is 0 Å². The molecule has 0 amide bonds. The van der Waals surface area contributed by atoms with Crippen molar-refractivity contribution in [2.24, 2.45) is 0 Å². The van der Waals surface area contributed by atoms with Gasteiger partial charge >= 0.3 is 0 Å². The molecule has 0 aliphatic rings. The Bertz CT molecular complexity index is 803. The number of benzene rings is 1. The van der Waals surface area contributed by atoms with Gasteiger partial charge in [0.2, 0.25) is 5.88 Å². The summed E-state index contributed by atoms with van der Waals surface area (Å²) in [5, 5.41) is 3.64. The molecule has 0 saturated carbocycles. The Hall–Kier alpha value is -2.83. The van der Waals surface area contributed by atoms with Crippen molar-refractivity contribution in [3.63, 3.8) is 0 Å². The van der Waals surface area contributed by atoms with Crippen LogP contribution in [0.4, 0.5) is 19.1 Å². The summed E-state index contributed by atoms with van der Waals surface area (Å²) in [6.07, 6.45) is 3.01. The number of nitrogens with zero attached hydrogens (tertiary/aromatic N) is 2. The van der Waals surface area contributed by atoms with E-state index in [1.807, 2.05) is 0 Å². The summed E-state index contributed by atoms with van der Waals surface area (Å²) in [5.74, 6) is -4.26. The number of nitrogen functional groups attached to an aromatic ring is 1. The SMILES string of the molecule is Nc1onc(-c2ccc(F)c(F)c2F)c1-c1ccncc1. The zero-order valence-corrected chi connectivity index (χ0v) is 10.5. The second kappa shape index (κ2) is 4.93. The molecule has 0 unspecified atom stereocenters. The van der Waals surface area contributed by atoms with Gasteiger partial charge < -0.3 is 10.3 Å². The van der Waals surface area contributed by atoms with E-state index in [9.17, 15) is 13.2 Å². The Balaban J connectivity index is 2.24. The number of halogens is 3. The topological polar surface area (TPSA) is 64.9 Å². The van der Waals surface area contributed by atoms with Crippen molar-refractivity contribution >= 4 is 5.88 Å². The van der Waals surface area contributed by atoms with Crippen LogP contribution in [0.5, 0.6) is 0 Å². The molecular formula is C14H8F3N3O. The Morgan fingerprint density at radius 1 is 0.952 bits per heavy atom. The first-order chi connectivity index (χ1) is 10.1. The van der Waals surface area contributed by atoms with Crippen LogP contribution < -0.4 is 5.73 Å². The van der Waals surface area contributed by atoms with Gasteiger partial charge in [-0.05, 0) is 29.8 Å². The number of rotatable bonds is 2. The van der Waals surface area contributed by atoms with E-state index in [1.54, 1.807) is 12.1 Å². The molecule has 0 saturated heterocycles. The first-order valence-electron chi connectivity index (χ1n) is 5.89. The Morgan fingerprint density at radius 3 is 2.38 bits per heavy atom. The second-order valence-electron chi connectivity index (χ2n) is 4.23. The van der Waals surface area contributed by atoms with E-state index in [2.05, 4.69) is 10.1 Å². The fraction of sp³-hybridized carbons (Fsp3) is 0. The largest absolute Gasteiger partial charge is 0.367 e. The normalized spacial score (nSPS) is 10.8. The van der Waals surface area contributed by atoms with Gasteiger partial charge in [-0.1, -0.05) is 5.16 Å². The number of pyridine rings is 1. The van der Waals surface area contributed by atoms with Crippen LogP contribution in [0.2, 0.25) is 0 Å². The highest BCUT2D eigenvalue weighted by molar-refractivity contribution is 5.86. The lowest BCUT2D eigenvalue weighted by molar-refractivity contribution is 0.434. The van der Waals surface area contributed by atoms with Crippen LogP contribution in [-0.4, -0.2) is 10.1 Å². The van der Waals surface area contributed by atoms with Crippen molar-refractivity contribution in [2.45, 2.75) is 0 Å². The Morgan fingerprint density at radius 2 is 1.67 bits per heavy atom. The molecule has 3 rings (SSSR count).